The van der Waals surface area contributed by atoms with Crippen molar-refractivity contribution in [1.82, 2.24) is 4.90 Å². The number of hydrogen-bond acceptors (Lipinski definition) is 5. The molecule has 1 N–H and O–H groups in total. The molecule has 0 atom stereocenters. The van der Waals surface area contributed by atoms with Crippen LogP contribution in [-0.2, 0) is 14.3 Å². The lowest BCUT2D eigenvalue weighted by Crippen LogP contribution is -2.29. The minimum atomic E-state index is -0.336. The van der Waals surface area contributed by atoms with Gasteiger partial charge in [-0.15, -0.1) is 0 Å². The average Bonchev–Trinajstić information content (AvgIpc) is 2.21. The summed E-state index contributed by atoms with van der Waals surface area (Å²) in [5.41, 5.74) is 0.273. The molecule has 0 unspecified atom stereocenters. The summed E-state index contributed by atoms with van der Waals surface area (Å²) < 4.78 is 4.74. The van der Waals surface area contributed by atoms with Crippen LogP contribution in [0.4, 0.5) is 0 Å². The lowest BCUT2D eigenvalue weighted by Gasteiger charge is -2.21. The molecule has 0 saturated heterocycles. The normalized spacial score (nSPS) is 15.9. The van der Waals surface area contributed by atoms with Gasteiger partial charge in [0.05, 0.1) is 19.4 Å². The Kier molecular flexibility index (Phi) is 3.62. The predicted octanol–water partition coefficient (Wildman–Crippen LogP) is -0.524. The van der Waals surface area contributed by atoms with E-state index in [-0.39, 0.29) is 29.6 Å². The van der Waals surface area contributed by atoms with Gasteiger partial charge in [0.15, 0.2) is 5.76 Å². The Bertz CT molecular complexity index is 343. The number of methoxy groups -OCH3 is 1. The standard InChI is InChI=1S/C10H13NO4/c1-11(3-4-12)7-5-9(14)10(15-2)6-8(7)13/h5-6,12H,3-4H2,1-2H3. The van der Waals surface area contributed by atoms with Gasteiger partial charge in [0, 0.05) is 25.7 Å². The summed E-state index contributed by atoms with van der Waals surface area (Å²) in [5.74, 6) is -0.583. The molecular formula is C10H13NO4. The first-order chi connectivity index (χ1) is 7.10. The number of ketones is 2. The molecule has 0 fully saturated rings. The number of nitrogens with zero attached hydrogens (tertiary/aromatic N) is 1. The number of carbonyl (C=O) groups excluding carboxylic acids is 2. The Balaban J connectivity index is 2.86. The third kappa shape index (κ3) is 2.44. The Hall–Kier alpha value is -1.62. The van der Waals surface area contributed by atoms with E-state index in [0.717, 1.165) is 6.08 Å². The van der Waals surface area contributed by atoms with Gasteiger partial charge in [0.1, 0.15) is 0 Å². The first-order valence-electron chi connectivity index (χ1n) is 4.48. The van der Waals surface area contributed by atoms with Crippen molar-refractivity contribution in [2.45, 2.75) is 0 Å². The van der Waals surface area contributed by atoms with E-state index in [0.29, 0.717) is 6.54 Å². The zero-order valence-electron chi connectivity index (χ0n) is 8.69. The van der Waals surface area contributed by atoms with Crippen molar-refractivity contribution in [2.24, 2.45) is 0 Å². The maximum Gasteiger partial charge on any atom is 0.222 e. The van der Waals surface area contributed by atoms with E-state index in [4.69, 9.17) is 9.84 Å². The summed E-state index contributed by atoms with van der Waals surface area (Å²) in [5, 5.41) is 8.71. The van der Waals surface area contributed by atoms with Gasteiger partial charge in [-0.25, -0.2) is 0 Å². The number of aliphatic hydroxyl groups excluding tert-OH is 1. The van der Waals surface area contributed by atoms with Gasteiger partial charge in [-0.05, 0) is 0 Å². The number of allylic oxidation sites excluding steroid dienone is 2. The second kappa shape index (κ2) is 4.75. The van der Waals surface area contributed by atoms with Crippen molar-refractivity contribution in [3.63, 3.8) is 0 Å². The third-order valence-electron chi connectivity index (χ3n) is 2.09. The average molecular weight is 211 g/mol. The van der Waals surface area contributed by atoms with Crippen molar-refractivity contribution in [3.05, 3.63) is 23.6 Å². The van der Waals surface area contributed by atoms with Crippen LogP contribution in [-0.4, -0.2) is 48.9 Å². The molecule has 0 aromatic heterocycles. The highest BCUT2D eigenvalue weighted by Gasteiger charge is 2.22. The summed E-state index contributed by atoms with van der Waals surface area (Å²) >= 11 is 0. The van der Waals surface area contributed by atoms with Gasteiger partial charge in [0.25, 0.3) is 0 Å². The zero-order chi connectivity index (χ0) is 11.4. The molecule has 0 amide bonds. The van der Waals surface area contributed by atoms with Crippen LogP contribution in [0.5, 0.6) is 0 Å². The molecule has 0 saturated carbocycles. The van der Waals surface area contributed by atoms with Crippen LogP contribution in [0.3, 0.4) is 0 Å². The minimum absolute atomic E-state index is 0.0427. The zero-order valence-corrected chi connectivity index (χ0v) is 8.69. The SMILES string of the molecule is COC1=CC(=O)C(N(C)CCO)=CC1=O. The van der Waals surface area contributed by atoms with Crippen LogP contribution in [0.15, 0.2) is 23.6 Å². The van der Waals surface area contributed by atoms with Crippen LogP contribution in [0.25, 0.3) is 0 Å². The van der Waals surface area contributed by atoms with Crippen molar-refractivity contribution in [1.29, 1.82) is 0 Å². The molecule has 0 spiro atoms. The molecule has 0 bridgehead atoms. The number of ether oxygens (including phenoxy) is 1. The third-order valence-corrected chi connectivity index (χ3v) is 2.09. The van der Waals surface area contributed by atoms with Crippen LogP contribution in [0.1, 0.15) is 0 Å². The van der Waals surface area contributed by atoms with E-state index in [2.05, 4.69) is 0 Å². The first-order valence-corrected chi connectivity index (χ1v) is 4.48. The van der Waals surface area contributed by atoms with Crippen molar-refractivity contribution in [3.8, 4) is 0 Å². The molecule has 15 heavy (non-hydrogen) atoms. The summed E-state index contributed by atoms with van der Waals surface area (Å²) in [6.45, 7) is 0.233. The smallest absolute Gasteiger partial charge is 0.222 e. The largest absolute Gasteiger partial charge is 0.493 e. The lowest BCUT2D eigenvalue weighted by atomic mass is 10.1. The Labute approximate surface area is 87.6 Å². The quantitative estimate of drug-likeness (QED) is 0.633. The summed E-state index contributed by atoms with van der Waals surface area (Å²) in [7, 11) is 2.98. The topological polar surface area (TPSA) is 66.8 Å². The summed E-state index contributed by atoms with van der Waals surface area (Å²) in [4.78, 5) is 24.4. The maximum absolute atomic E-state index is 11.5. The van der Waals surface area contributed by atoms with Gasteiger partial charge >= 0.3 is 0 Å². The minimum Gasteiger partial charge on any atom is -0.493 e. The molecule has 0 heterocycles. The van der Waals surface area contributed by atoms with E-state index in [1.54, 1.807) is 7.05 Å². The fourth-order valence-corrected chi connectivity index (χ4v) is 1.26. The van der Waals surface area contributed by atoms with Crippen LogP contribution in [0, 0.1) is 0 Å². The van der Waals surface area contributed by atoms with Crippen LogP contribution < -0.4 is 0 Å². The fraction of sp³-hybridized carbons (Fsp3) is 0.400. The number of rotatable bonds is 4. The molecule has 5 nitrogen and oxygen atoms in total. The molecule has 1 aliphatic carbocycles. The molecule has 1 rings (SSSR count). The summed E-state index contributed by atoms with van der Waals surface area (Å²) in [6, 6.07) is 0. The van der Waals surface area contributed by atoms with Gasteiger partial charge in [0.2, 0.25) is 11.6 Å². The Morgan fingerprint density at radius 3 is 2.53 bits per heavy atom. The summed E-state index contributed by atoms with van der Waals surface area (Å²) in [6.07, 6.45) is 2.38. The molecule has 1 aliphatic rings. The van der Waals surface area contributed by atoms with Gasteiger partial charge in [-0.2, -0.15) is 0 Å². The van der Waals surface area contributed by atoms with Gasteiger partial charge in [-0.1, -0.05) is 0 Å². The van der Waals surface area contributed by atoms with Crippen LogP contribution >= 0.6 is 0 Å². The monoisotopic (exact) mass is 211 g/mol. The molecule has 0 radical (unpaired) electrons. The highest BCUT2D eigenvalue weighted by molar-refractivity contribution is 6.18. The van der Waals surface area contributed by atoms with E-state index in [1.807, 2.05) is 0 Å². The van der Waals surface area contributed by atoms with Gasteiger partial charge < -0.3 is 14.7 Å². The van der Waals surface area contributed by atoms with Crippen LogP contribution in [0.2, 0.25) is 0 Å². The van der Waals surface area contributed by atoms with Crippen molar-refractivity contribution >= 4 is 11.6 Å². The lowest BCUT2D eigenvalue weighted by molar-refractivity contribution is -0.118. The van der Waals surface area contributed by atoms with Crippen molar-refractivity contribution < 1.29 is 19.4 Å². The number of carbonyl (C=O) groups is 2. The van der Waals surface area contributed by atoms with E-state index in [9.17, 15) is 9.59 Å². The van der Waals surface area contributed by atoms with E-state index >= 15 is 0 Å². The molecule has 0 aliphatic heterocycles. The first kappa shape index (κ1) is 11.5. The van der Waals surface area contributed by atoms with Crippen molar-refractivity contribution in [2.75, 3.05) is 27.3 Å². The Morgan fingerprint density at radius 1 is 1.33 bits per heavy atom. The highest BCUT2D eigenvalue weighted by Crippen LogP contribution is 2.14. The number of likely N-dealkylation sites (N-methyl/N-ethyl adjacent to an activating group) is 1. The molecular weight excluding hydrogens is 198 g/mol. The number of hydrogen-bond donors (Lipinski definition) is 1. The van der Waals surface area contributed by atoms with E-state index in [1.165, 1.54) is 18.1 Å². The highest BCUT2D eigenvalue weighted by atomic mass is 16.5. The fourth-order valence-electron chi connectivity index (χ4n) is 1.26. The second-order valence-corrected chi connectivity index (χ2v) is 3.12. The molecule has 82 valence electrons. The second-order valence-electron chi connectivity index (χ2n) is 3.12. The molecule has 0 aromatic rings. The van der Waals surface area contributed by atoms with E-state index < -0.39 is 0 Å². The maximum atomic E-state index is 11.5. The number of aliphatic hydroxyl groups is 1. The molecule has 0 aromatic carbocycles. The predicted molar refractivity (Wildman–Crippen MR) is 52.9 cm³/mol. The molecule has 5 heteroatoms. The Morgan fingerprint density at radius 2 is 2.00 bits per heavy atom. The van der Waals surface area contributed by atoms with Gasteiger partial charge in [-0.3, -0.25) is 9.59 Å².